The van der Waals surface area contributed by atoms with E-state index in [-0.39, 0.29) is 24.6 Å². The molecule has 2 aromatic carbocycles. The smallest absolute Gasteiger partial charge is 0.416 e. The van der Waals surface area contributed by atoms with Crippen LogP contribution in [0.1, 0.15) is 28.7 Å². The maximum absolute atomic E-state index is 13.0. The third-order valence-electron chi connectivity index (χ3n) is 4.42. The zero-order valence-corrected chi connectivity index (χ0v) is 16.0. The zero-order valence-electron chi connectivity index (χ0n) is 16.0. The second-order valence-corrected chi connectivity index (χ2v) is 6.68. The van der Waals surface area contributed by atoms with E-state index in [4.69, 9.17) is 15.2 Å². The first-order chi connectivity index (χ1) is 13.9. The van der Waals surface area contributed by atoms with Gasteiger partial charge in [0.15, 0.2) is 0 Å². The summed E-state index contributed by atoms with van der Waals surface area (Å²) in [4.78, 5) is 0. The second-order valence-electron chi connectivity index (χ2n) is 6.68. The average Bonchev–Trinajstić information content (AvgIpc) is 2.66. The van der Waals surface area contributed by atoms with Crippen LogP contribution >= 0.6 is 0 Å². The lowest BCUT2D eigenvalue weighted by molar-refractivity contribution is -0.143. The van der Waals surface area contributed by atoms with E-state index in [2.05, 4.69) is 0 Å². The summed E-state index contributed by atoms with van der Waals surface area (Å²) in [6.45, 7) is -0.934. The lowest BCUT2D eigenvalue weighted by Crippen LogP contribution is -2.34. The quantitative estimate of drug-likeness (QED) is 0.598. The molecule has 0 fully saturated rings. The van der Waals surface area contributed by atoms with E-state index in [1.807, 2.05) is 0 Å². The van der Waals surface area contributed by atoms with Crippen LogP contribution in [0.3, 0.4) is 0 Å². The number of alkyl halides is 6. The van der Waals surface area contributed by atoms with E-state index in [1.54, 1.807) is 24.3 Å². The van der Waals surface area contributed by atoms with Crippen molar-refractivity contribution < 1.29 is 40.9 Å². The maximum Gasteiger partial charge on any atom is 0.416 e. The van der Waals surface area contributed by atoms with Crippen LogP contribution in [0.2, 0.25) is 0 Å². The molecule has 1 atom stereocenters. The van der Waals surface area contributed by atoms with Gasteiger partial charge in [0.05, 0.1) is 31.5 Å². The highest BCUT2D eigenvalue weighted by Crippen LogP contribution is 2.37. The van der Waals surface area contributed by atoms with Crippen molar-refractivity contribution in [1.29, 1.82) is 0 Å². The Hall–Kier alpha value is -2.30. The molecular weight excluding hydrogens is 416 g/mol. The third-order valence-corrected chi connectivity index (χ3v) is 4.42. The first-order valence-electron chi connectivity index (χ1n) is 8.83. The van der Waals surface area contributed by atoms with Gasteiger partial charge in [0, 0.05) is 5.56 Å². The number of hydrogen-bond donors (Lipinski definition) is 2. The second kappa shape index (κ2) is 9.23. The highest BCUT2D eigenvalue weighted by molar-refractivity contribution is 5.38. The van der Waals surface area contributed by atoms with Gasteiger partial charge < -0.3 is 20.3 Å². The Balaban J connectivity index is 2.27. The van der Waals surface area contributed by atoms with E-state index in [9.17, 15) is 31.4 Å². The molecule has 3 N–H and O–H groups in total. The van der Waals surface area contributed by atoms with Gasteiger partial charge in [-0.2, -0.15) is 26.3 Å². The van der Waals surface area contributed by atoms with E-state index >= 15 is 0 Å². The van der Waals surface area contributed by atoms with Gasteiger partial charge in [-0.15, -0.1) is 0 Å². The molecule has 0 amide bonds. The van der Waals surface area contributed by atoms with Crippen LogP contribution in [0.5, 0.6) is 5.75 Å². The molecule has 2 aromatic rings. The summed E-state index contributed by atoms with van der Waals surface area (Å²) in [6.07, 6.45) is -9.87. The summed E-state index contributed by atoms with van der Waals surface area (Å²) in [5, 5.41) is 11.0. The molecule has 0 saturated carbocycles. The molecule has 166 valence electrons. The predicted octanol–water partition coefficient (Wildman–Crippen LogP) is 4.49. The molecule has 10 heteroatoms. The number of ether oxygens (including phenoxy) is 2. The Morgan fingerprint density at radius 3 is 2.00 bits per heavy atom. The minimum absolute atomic E-state index is 0.0315. The number of aliphatic hydroxyl groups is 1. The number of halogens is 6. The number of benzene rings is 2. The van der Waals surface area contributed by atoms with E-state index in [0.29, 0.717) is 23.4 Å². The number of rotatable bonds is 8. The van der Waals surface area contributed by atoms with Gasteiger partial charge in [0.25, 0.3) is 0 Å². The standard InChI is InChI=1S/C20H21F6NO3/c1-29-17-5-3-2-4-16(17)18(28,6-7-27)12-30-11-13-8-14(19(21,22)23)10-15(9-13)20(24,25)26/h2-5,8-10,28H,6-7,11-12,27H2,1H3. The van der Waals surface area contributed by atoms with Gasteiger partial charge in [-0.3, -0.25) is 0 Å². The topological polar surface area (TPSA) is 64.7 Å². The molecule has 1 unspecified atom stereocenters. The van der Waals surface area contributed by atoms with Gasteiger partial charge >= 0.3 is 12.4 Å². The Morgan fingerprint density at radius 2 is 1.50 bits per heavy atom. The fourth-order valence-electron chi connectivity index (χ4n) is 2.99. The Bertz CT molecular complexity index is 821. The molecule has 0 heterocycles. The Labute approximate surface area is 169 Å². The molecule has 0 aliphatic heterocycles. The highest BCUT2D eigenvalue weighted by Gasteiger charge is 2.37. The van der Waals surface area contributed by atoms with Crippen molar-refractivity contribution >= 4 is 0 Å². The molecule has 0 radical (unpaired) electrons. The van der Waals surface area contributed by atoms with Crippen LogP contribution < -0.4 is 10.5 Å². The predicted molar refractivity (Wildman–Crippen MR) is 96.7 cm³/mol. The molecule has 0 aliphatic carbocycles. The molecular formula is C20H21F6NO3. The lowest BCUT2D eigenvalue weighted by atomic mass is 9.90. The van der Waals surface area contributed by atoms with Crippen LogP contribution in [0, 0.1) is 0 Å². The number of para-hydroxylation sites is 1. The van der Waals surface area contributed by atoms with Gasteiger partial charge in [0.1, 0.15) is 11.4 Å². The Morgan fingerprint density at radius 1 is 0.933 bits per heavy atom. The fourth-order valence-corrected chi connectivity index (χ4v) is 2.99. The minimum Gasteiger partial charge on any atom is -0.496 e. The zero-order chi connectivity index (χ0) is 22.6. The van der Waals surface area contributed by atoms with Crippen molar-refractivity contribution in [2.24, 2.45) is 5.73 Å². The minimum atomic E-state index is -4.95. The first-order valence-corrected chi connectivity index (χ1v) is 8.83. The largest absolute Gasteiger partial charge is 0.496 e. The van der Waals surface area contributed by atoms with Crippen LogP contribution in [0.4, 0.5) is 26.3 Å². The van der Waals surface area contributed by atoms with Crippen LogP contribution in [-0.4, -0.2) is 25.4 Å². The monoisotopic (exact) mass is 437 g/mol. The third kappa shape index (κ3) is 5.87. The molecule has 0 saturated heterocycles. The van der Waals surface area contributed by atoms with E-state index in [1.165, 1.54) is 7.11 Å². The molecule has 0 bridgehead atoms. The number of nitrogens with two attached hydrogens (primary N) is 1. The normalized spacial score (nSPS) is 14.4. The van der Waals surface area contributed by atoms with E-state index in [0.717, 1.165) is 0 Å². The fraction of sp³-hybridized carbons (Fsp3) is 0.400. The molecule has 0 aromatic heterocycles. The molecule has 0 spiro atoms. The van der Waals surface area contributed by atoms with Crippen molar-refractivity contribution in [2.45, 2.75) is 31.0 Å². The SMILES string of the molecule is COc1ccccc1C(O)(CCN)COCc1cc(C(F)(F)F)cc(C(F)(F)F)c1. The van der Waals surface area contributed by atoms with Gasteiger partial charge in [-0.1, -0.05) is 18.2 Å². The summed E-state index contributed by atoms with van der Waals surface area (Å²) in [5.74, 6) is 0.343. The molecule has 0 aliphatic rings. The summed E-state index contributed by atoms with van der Waals surface area (Å²) >= 11 is 0. The van der Waals surface area contributed by atoms with Crippen molar-refractivity contribution in [1.82, 2.24) is 0 Å². The maximum atomic E-state index is 13.0. The van der Waals surface area contributed by atoms with Crippen molar-refractivity contribution in [2.75, 3.05) is 20.3 Å². The van der Waals surface area contributed by atoms with Gasteiger partial charge in [-0.25, -0.2) is 0 Å². The van der Waals surface area contributed by atoms with Crippen molar-refractivity contribution in [3.63, 3.8) is 0 Å². The van der Waals surface area contributed by atoms with Crippen molar-refractivity contribution in [3.8, 4) is 5.75 Å². The first kappa shape index (κ1) is 24.0. The van der Waals surface area contributed by atoms with Crippen LogP contribution in [-0.2, 0) is 29.3 Å². The molecule has 4 nitrogen and oxygen atoms in total. The lowest BCUT2D eigenvalue weighted by Gasteiger charge is -2.29. The summed E-state index contributed by atoms with van der Waals surface area (Å²) in [5.41, 5.74) is 1.07. The van der Waals surface area contributed by atoms with Crippen molar-refractivity contribution in [3.05, 3.63) is 64.7 Å². The van der Waals surface area contributed by atoms with Crippen LogP contribution in [0.15, 0.2) is 42.5 Å². The number of hydrogen-bond acceptors (Lipinski definition) is 4. The van der Waals surface area contributed by atoms with E-state index < -0.39 is 42.3 Å². The van der Waals surface area contributed by atoms with Gasteiger partial charge in [-0.05, 0) is 42.8 Å². The number of methoxy groups -OCH3 is 1. The summed E-state index contributed by atoms with van der Waals surface area (Å²) in [6, 6.07) is 7.70. The molecule has 30 heavy (non-hydrogen) atoms. The van der Waals surface area contributed by atoms with Gasteiger partial charge in [0.2, 0.25) is 0 Å². The summed E-state index contributed by atoms with van der Waals surface area (Å²) in [7, 11) is 1.39. The Kier molecular flexibility index (Phi) is 7.38. The highest BCUT2D eigenvalue weighted by atomic mass is 19.4. The van der Waals surface area contributed by atoms with Crippen LogP contribution in [0.25, 0.3) is 0 Å². The molecule has 2 rings (SSSR count). The summed E-state index contributed by atoms with van der Waals surface area (Å²) < 4.78 is 88.4. The average molecular weight is 437 g/mol.